The molecule has 1 aliphatic heterocycles. The van der Waals surface area contributed by atoms with E-state index in [1.807, 2.05) is 53.1 Å². The van der Waals surface area contributed by atoms with Crippen molar-refractivity contribution in [1.29, 1.82) is 0 Å². The number of nitrogens with one attached hydrogen (secondary N) is 1. The molecule has 11 heteroatoms. The summed E-state index contributed by atoms with van der Waals surface area (Å²) in [6.45, 7) is 0. The molecule has 6 rings (SSSR count). The van der Waals surface area contributed by atoms with Crippen LogP contribution in [-0.4, -0.2) is 47.3 Å². The molecule has 3 aromatic rings. The van der Waals surface area contributed by atoms with E-state index in [-0.39, 0.29) is 17.9 Å². The second-order valence-corrected chi connectivity index (χ2v) is 10.3. The molecule has 2 heterocycles. The highest BCUT2D eigenvalue weighted by Gasteiger charge is 2.31. The minimum absolute atomic E-state index is 0.0980. The molecule has 0 saturated heterocycles. The second-order valence-electron chi connectivity index (χ2n) is 10.3. The number of pyridine rings is 1. The van der Waals surface area contributed by atoms with Crippen LogP contribution in [0.5, 0.6) is 11.6 Å². The lowest BCUT2D eigenvalue weighted by molar-refractivity contribution is -0.274. The first kappa shape index (κ1) is 28.5. The molecule has 0 amide bonds. The number of para-hydroxylation sites is 2. The van der Waals surface area contributed by atoms with Crippen molar-refractivity contribution in [2.45, 2.75) is 44.2 Å². The van der Waals surface area contributed by atoms with Crippen LogP contribution < -0.4 is 20.1 Å². The van der Waals surface area contributed by atoms with Gasteiger partial charge in [0.15, 0.2) is 0 Å². The van der Waals surface area contributed by atoms with E-state index in [0.29, 0.717) is 22.9 Å². The Hall–Kier alpha value is -4.64. The van der Waals surface area contributed by atoms with Gasteiger partial charge in [0.05, 0.1) is 52.7 Å². The van der Waals surface area contributed by atoms with Crippen molar-refractivity contribution in [3.05, 3.63) is 84.4 Å². The van der Waals surface area contributed by atoms with Crippen LogP contribution >= 0.6 is 0 Å². The number of rotatable bonds is 7. The van der Waals surface area contributed by atoms with E-state index in [9.17, 15) is 13.2 Å². The first-order chi connectivity index (χ1) is 20.8. The fourth-order valence-corrected chi connectivity index (χ4v) is 5.52. The van der Waals surface area contributed by atoms with Gasteiger partial charge in [-0.1, -0.05) is 12.1 Å². The summed E-state index contributed by atoms with van der Waals surface area (Å²) in [7, 11) is 3.31. The lowest BCUT2D eigenvalue weighted by Gasteiger charge is -2.25. The highest BCUT2D eigenvalue weighted by atomic mass is 19.4. The Kier molecular flexibility index (Phi) is 7.90. The van der Waals surface area contributed by atoms with Crippen LogP contribution in [-0.2, 0) is 4.74 Å². The van der Waals surface area contributed by atoms with Gasteiger partial charge in [-0.3, -0.25) is 4.99 Å². The maximum Gasteiger partial charge on any atom is 0.573 e. The molecule has 1 N–H and O–H groups in total. The van der Waals surface area contributed by atoms with Crippen molar-refractivity contribution in [2.75, 3.05) is 19.5 Å². The molecule has 43 heavy (non-hydrogen) atoms. The monoisotopic (exact) mass is 589 g/mol. The van der Waals surface area contributed by atoms with E-state index in [4.69, 9.17) is 19.5 Å². The third-order valence-electron chi connectivity index (χ3n) is 7.56. The van der Waals surface area contributed by atoms with Gasteiger partial charge in [-0.15, -0.1) is 13.2 Å². The third-order valence-corrected chi connectivity index (χ3v) is 7.56. The molecule has 1 aromatic heterocycles. The van der Waals surface area contributed by atoms with Gasteiger partial charge in [-0.05, 0) is 86.3 Å². The zero-order chi connectivity index (χ0) is 30.0. The summed E-state index contributed by atoms with van der Waals surface area (Å²) in [6.07, 6.45) is 0.759. The zero-order valence-corrected chi connectivity index (χ0v) is 23.6. The fourth-order valence-electron chi connectivity index (χ4n) is 5.52. The molecule has 2 aromatic carbocycles. The smallest absolute Gasteiger partial charge is 0.480 e. The zero-order valence-electron chi connectivity index (χ0n) is 23.6. The lowest BCUT2D eigenvalue weighted by atomic mass is 9.93. The van der Waals surface area contributed by atoms with Gasteiger partial charge in [-0.2, -0.15) is 0 Å². The van der Waals surface area contributed by atoms with Crippen LogP contribution in [0.25, 0.3) is 28.1 Å². The molecule has 1 fully saturated rings. The summed E-state index contributed by atoms with van der Waals surface area (Å²) >= 11 is 0. The average Bonchev–Trinajstić information content (AvgIpc) is 3.01. The Morgan fingerprint density at radius 3 is 2.40 bits per heavy atom. The molecule has 0 unspecified atom stereocenters. The fraction of sp³-hybridized carbons (Fsp3) is 0.281. The van der Waals surface area contributed by atoms with Crippen LogP contribution in [0.4, 0.5) is 24.5 Å². The molecule has 3 aliphatic rings. The largest absolute Gasteiger partial charge is 0.573 e. The molecule has 2 aliphatic carbocycles. The van der Waals surface area contributed by atoms with Crippen molar-refractivity contribution >= 4 is 22.4 Å². The number of halogens is 3. The first-order valence-electron chi connectivity index (χ1n) is 14.0. The van der Waals surface area contributed by atoms with Crippen molar-refractivity contribution in [3.8, 4) is 28.7 Å². The molecule has 0 radical (unpaired) electrons. The topological polar surface area (TPSA) is 82.8 Å². The number of ether oxygens (including phenoxy) is 3. The van der Waals surface area contributed by atoms with E-state index in [2.05, 4.69) is 15.0 Å². The van der Waals surface area contributed by atoms with Crippen LogP contribution in [0, 0.1) is 0 Å². The second kappa shape index (κ2) is 11.9. The number of aromatic nitrogens is 3. The summed E-state index contributed by atoms with van der Waals surface area (Å²) in [6, 6.07) is 21.1. The van der Waals surface area contributed by atoms with E-state index in [0.717, 1.165) is 53.5 Å². The number of hydrogen-bond donors (Lipinski definition) is 1. The van der Waals surface area contributed by atoms with Gasteiger partial charge in [0.25, 0.3) is 0 Å². The number of anilines is 2. The third kappa shape index (κ3) is 6.26. The maximum atomic E-state index is 12.8. The summed E-state index contributed by atoms with van der Waals surface area (Å²) in [5, 5.41) is 4.18. The van der Waals surface area contributed by atoms with E-state index >= 15 is 0 Å². The Balaban J connectivity index is 1.54. The Morgan fingerprint density at radius 1 is 0.907 bits per heavy atom. The summed E-state index contributed by atoms with van der Waals surface area (Å²) in [5.41, 5.74) is 4.99. The van der Waals surface area contributed by atoms with Crippen molar-refractivity contribution in [1.82, 2.24) is 14.5 Å². The van der Waals surface area contributed by atoms with E-state index < -0.39 is 6.36 Å². The van der Waals surface area contributed by atoms with Crippen molar-refractivity contribution in [3.63, 3.8) is 0 Å². The average molecular weight is 590 g/mol. The number of nitrogens with zero attached hydrogens (tertiary/aromatic N) is 4. The van der Waals surface area contributed by atoms with Gasteiger partial charge >= 0.3 is 6.36 Å². The Bertz CT molecular complexity index is 1760. The van der Waals surface area contributed by atoms with Crippen molar-refractivity contribution < 1.29 is 27.4 Å². The summed E-state index contributed by atoms with van der Waals surface area (Å²) in [4.78, 5) is 14.4. The predicted molar refractivity (Wildman–Crippen MR) is 157 cm³/mol. The van der Waals surface area contributed by atoms with Crippen LogP contribution in [0.2, 0.25) is 0 Å². The van der Waals surface area contributed by atoms with Crippen molar-refractivity contribution in [2.24, 2.45) is 4.99 Å². The highest BCUT2D eigenvalue weighted by molar-refractivity contribution is 5.84. The van der Waals surface area contributed by atoms with Crippen LogP contribution in [0.15, 0.2) is 84.0 Å². The predicted octanol–water partition coefficient (Wildman–Crippen LogP) is 7.03. The van der Waals surface area contributed by atoms with Gasteiger partial charge < -0.3 is 24.1 Å². The Morgan fingerprint density at radius 2 is 1.67 bits per heavy atom. The minimum atomic E-state index is -4.77. The van der Waals surface area contributed by atoms with Gasteiger partial charge in [0.2, 0.25) is 5.88 Å². The van der Waals surface area contributed by atoms with Crippen LogP contribution in [0.3, 0.4) is 0 Å². The molecular weight excluding hydrogens is 559 g/mol. The number of hydrogen-bond acceptors (Lipinski definition) is 7. The standard InChI is InChI=1S/C32H30F3N5O3/c1-41-22-13-9-20(10-14-22)37-27-19-30-28(18-26(27)39-25-7-5-17-36-31(25)42-2)38-24-6-3-4-8-29(24)40(30)21-11-15-23(16-12-21)43-32(33,34)35/h3-8,11-12,15-20,22,39H,9-10,13-14H2,1-2H3. The molecule has 0 spiro atoms. The number of methoxy groups -OCH3 is 2. The van der Waals surface area contributed by atoms with Gasteiger partial charge in [-0.25, -0.2) is 9.97 Å². The van der Waals surface area contributed by atoms with E-state index in [1.54, 1.807) is 32.5 Å². The molecule has 222 valence electrons. The number of fused-ring (bicyclic) bond motifs is 2. The number of alkyl halides is 3. The highest BCUT2D eigenvalue weighted by Crippen LogP contribution is 2.33. The normalized spacial score (nSPS) is 17.7. The molecule has 0 atom stereocenters. The molecule has 0 bridgehead atoms. The number of benzene rings is 3. The quantitative estimate of drug-likeness (QED) is 0.205. The molecular formula is C32H30F3N5O3. The van der Waals surface area contributed by atoms with Gasteiger partial charge in [0.1, 0.15) is 11.4 Å². The SMILES string of the molecule is COc1ncccc1Nc1cc2nc3ccccc3n(-c3ccc(OC(F)(F)F)cc3)c-2cc1=NC1CCC(OC)CC1. The first-order valence-corrected chi connectivity index (χ1v) is 14.0. The Labute approximate surface area is 246 Å². The molecule has 8 nitrogen and oxygen atoms in total. The van der Waals surface area contributed by atoms with E-state index in [1.165, 1.54) is 12.1 Å². The maximum absolute atomic E-state index is 12.8. The summed E-state index contributed by atoms with van der Waals surface area (Å²) in [5.74, 6) is 0.149. The lowest BCUT2D eigenvalue weighted by Crippen LogP contribution is -2.25. The van der Waals surface area contributed by atoms with Gasteiger partial charge in [0, 0.05) is 19.0 Å². The summed E-state index contributed by atoms with van der Waals surface area (Å²) < 4.78 is 55.6. The molecule has 1 saturated carbocycles. The van der Waals surface area contributed by atoms with Crippen LogP contribution in [0.1, 0.15) is 25.7 Å². The minimum Gasteiger partial charge on any atom is -0.480 e.